The first-order valence-corrected chi connectivity index (χ1v) is 7.25. The predicted octanol–water partition coefficient (Wildman–Crippen LogP) is 2.26. The molecule has 0 spiro atoms. The number of alkyl halides is 7. The number of carbonyl (C=O) groups is 1. The molecule has 0 aromatic rings. The summed E-state index contributed by atoms with van der Waals surface area (Å²) < 4.78 is 90.7. The molecule has 0 atom stereocenters. The molecule has 0 aromatic carbocycles. The van der Waals surface area contributed by atoms with Crippen LogP contribution in [0, 0.1) is 0 Å². The Kier molecular flexibility index (Phi) is 8.97. The van der Waals surface area contributed by atoms with Crippen LogP contribution in [0.25, 0.3) is 0 Å². The van der Waals surface area contributed by atoms with Crippen molar-refractivity contribution in [3.8, 4) is 0 Å². The van der Waals surface area contributed by atoms with Crippen LogP contribution in [0.1, 0.15) is 19.3 Å². The molecule has 0 aliphatic rings. The zero-order chi connectivity index (χ0) is 19.0. The molecular formula is C13H22F7N3O. The van der Waals surface area contributed by atoms with Crippen LogP contribution in [0.4, 0.5) is 30.7 Å². The molecule has 11 heteroatoms. The van der Waals surface area contributed by atoms with Crippen molar-refractivity contribution >= 4 is 5.91 Å². The average molecular weight is 369 g/mol. The van der Waals surface area contributed by atoms with Gasteiger partial charge in [0.05, 0.1) is 13.1 Å². The van der Waals surface area contributed by atoms with Crippen LogP contribution in [0.3, 0.4) is 0 Å². The second-order valence-corrected chi connectivity index (χ2v) is 5.42. The first-order chi connectivity index (χ1) is 10.8. The van der Waals surface area contributed by atoms with Crippen molar-refractivity contribution in [2.45, 2.75) is 37.3 Å². The molecule has 0 fully saturated rings. The number of halogens is 7. The smallest absolute Gasteiger partial charge is 0.335 e. The van der Waals surface area contributed by atoms with Gasteiger partial charge in [0, 0.05) is 25.9 Å². The molecular weight excluding hydrogens is 347 g/mol. The molecule has 0 saturated heterocycles. The fourth-order valence-electron chi connectivity index (χ4n) is 2.02. The molecule has 0 rings (SSSR count). The van der Waals surface area contributed by atoms with E-state index < -0.39 is 69.4 Å². The van der Waals surface area contributed by atoms with Crippen LogP contribution < -0.4 is 10.6 Å². The third-order valence-electron chi connectivity index (χ3n) is 3.12. The van der Waals surface area contributed by atoms with Crippen LogP contribution in [-0.4, -0.2) is 69.1 Å². The minimum Gasteiger partial charge on any atom is -0.335 e. The zero-order valence-electron chi connectivity index (χ0n) is 13.5. The quantitative estimate of drug-likeness (QED) is 0.549. The van der Waals surface area contributed by atoms with E-state index in [1.54, 1.807) is 0 Å². The molecule has 0 aromatic heterocycles. The van der Waals surface area contributed by atoms with Crippen molar-refractivity contribution in [2.75, 3.05) is 40.3 Å². The Morgan fingerprint density at radius 3 is 1.71 bits per heavy atom. The second-order valence-electron chi connectivity index (χ2n) is 5.42. The standard InChI is InChI=1S/C13H22F7N3O/c1-21-8-11(14,15)4-3-6-23(10(24)13(18,19)20)7-5-12(16,17)9-22-2/h21-22H,3-9H2,1-2H3. The lowest BCUT2D eigenvalue weighted by molar-refractivity contribution is -0.186. The first-order valence-electron chi connectivity index (χ1n) is 7.25. The third kappa shape index (κ3) is 9.26. The van der Waals surface area contributed by atoms with Crippen molar-refractivity contribution in [3.05, 3.63) is 0 Å². The summed E-state index contributed by atoms with van der Waals surface area (Å²) in [6.45, 7) is -2.97. The van der Waals surface area contributed by atoms with Gasteiger partial charge < -0.3 is 15.5 Å². The molecule has 24 heavy (non-hydrogen) atoms. The molecule has 0 saturated carbocycles. The Hall–Kier alpha value is -1.10. The van der Waals surface area contributed by atoms with Gasteiger partial charge in [-0.1, -0.05) is 0 Å². The summed E-state index contributed by atoms with van der Waals surface area (Å²) in [4.78, 5) is 11.4. The van der Waals surface area contributed by atoms with Gasteiger partial charge in [0.15, 0.2) is 0 Å². The van der Waals surface area contributed by atoms with Gasteiger partial charge in [-0.05, 0) is 20.5 Å². The summed E-state index contributed by atoms with van der Waals surface area (Å²) in [5.41, 5.74) is 0. The van der Waals surface area contributed by atoms with E-state index in [-0.39, 0.29) is 4.90 Å². The predicted molar refractivity (Wildman–Crippen MR) is 74.2 cm³/mol. The Morgan fingerprint density at radius 2 is 1.29 bits per heavy atom. The maximum absolute atomic E-state index is 13.3. The van der Waals surface area contributed by atoms with Gasteiger partial charge >= 0.3 is 12.1 Å². The first kappa shape index (κ1) is 22.9. The van der Waals surface area contributed by atoms with Crippen molar-refractivity contribution in [2.24, 2.45) is 0 Å². The van der Waals surface area contributed by atoms with E-state index >= 15 is 0 Å². The SMILES string of the molecule is CNCC(F)(F)CCCN(CCC(F)(F)CNC)C(=O)C(F)(F)F. The summed E-state index contributed by atoms with van der Waals surface area (Å²) >= 11 is 0. The molecule has 0 aliphatic carbocycles. The summed E-state index contributed by atoms with van der Waals surface area (Å²) in [5.74, 6) is -8.77. The summed E-state index contributed by atoms with van der Waals surface area (Å²) in [6.07, 6.45) is -7.44. The summed E-state index contributed by atoms with van der Waals surface area (Å²) in [5, 5.41) is 4.42. The van der Waals surface area contributed by atoms with Crippen LogP contribution >= 0.6 is 0 Å². The monoisotopic (exact) mass is 369 g/mol. The van der Waals surface area contributed by atoms with Crippen LogP contribution in [0.5, 0.6) is 0 Å². The fourth-order valence-corrected chi connectivity index (χ4v) is 2.02. The number of hydrogen-bond donors (Lipinski definition) is 2. The number of carbonyl (C=O) groups excluding carboxylic acids is 1. The summed E-state index contributed by atoms with van der Waals surface area (Å²) in [6, 6.07) is 0. The number of rotatable bonds is 11. The fraction of sp³-hybridized carbons (Fsp3) is 0.923. The third-order valence-corrected chi connectivity index (χ3v) is 3.12. The number of amides is 1. The van der Waals surface area contributed by atoms with Gasteiger partial charge in [-0.15, -0.1) is 0 Å². The maximum atomic E-state index is 13.3. The largest absolute Gasteiger partial charge is 0.471 e. The molecule has 0 heterocycles. The summed E-state index contributed by atoms with van der Waals surface area (Å²) in [7, 11) is 2.54. The number of nitrogens with zero attached hydrogens (tertiary/aromatic N) is 1. The molecule has 4 nitrogen and oxygen atoms in total. The molecule has 144 valence electrons. The van der Waals surface area contributed by atoms with Gasteiger partial charge in [-0.2, -0.15) is 13.2 Å². The van der Waals surface area contributed by atoms with Crippen molar-refractivity contribution < 1.29 is 35.5 Å². The number of hydrogen-bond acceptors (Lipinski definition) is 3. The molecule has 0 radical (unpaired) electrons. The van der Waals surface area contributed by atoms with E-state index in [0.717, 1.165) is 0 Å². The molecule has 1 amide bonds. The molecule has 0 aliphatic heterocycles. The van der Waals surface area contributed by atoms with Crippen LogP contribution in [0.15, 0.2) is 0 Å². The zero-order valence-corrected chi connectivity index (χ0v) is 13.5. The second kappa shape index (κ2) is 9.40. The maximum Gasteiger partial charge on any atom is 0.471 e. The van der Waals surface area contributed by atoms with E-state index in [0.29, 0.717) is 0 Å². The average Bonchev–Trinajstić information content (AvgIpc) is 2.40. The molecule has 0 bridgehead atoms. The van der Waals surface area contributed by atoms with E-state index in [9.17, 15) is 35.5 Å². The highest BCUT2D eigenvalue weighted by Crippen LogP contribution is 2.24. The highest BCUT2D eigenvalue weighted by atomic mass is 19.4. The van der Waals surface area contributed by atoms with Crippen molar-refractivity contribution in [1.29, 1.82) is 0 Å². The lowest BCUT2D eigenvalue weighted by Gasteiger charge is -2.27. The number of nitrogens with one attached hydrogen (secondary N) is 2. The Morgan fingerprint density at radius 1 is 0.833 bits per heavy atom. The Bertz CT molecular complexity index is 388. The minimum absolute atomic E-state index is 0.152. The van der Waals surface area contributed by atoms with Crippen LogP contribution in [0.2, 0.25) is 0 Å². The van der Waals surface area contributed by atoms with Gasteiger partial charge in [0.2, 0.25) is 0 Å². The van der Waals surface area contributed by atoms with Crippen molar-refractivity contribution in [3.63, 3.8) is 0 Å². The Labute approximate surface area is 135 Å². The lowest BCUT2D eigenvalue weighted by Crippen LogP contribution is -2.45. The van der Waals surface area contributed by atoms with E-state index in [1.807, 2.05) is 0 Å². The van der Waals surface area contributed by atoms with Crippen LogP contribution in [-0.2, 0) is 4.79 Å². The van der Waals surface area contributed by atoms with E-state index in [4.69, 9.17) is 0 Å². The van der Waals surface area contributed by atoms with Gasteiger partial charge in [-0.25, -0.2) is 17.6 Å². The minimum atomic E-state index is -5.24. The topological polar surface area (TPSA) is 44.4 Å². The highest BCUT2D eigenvalue weighted by molar-refractivity contribution is 5.81. The van der Waals surface area contributed by atoms with Gasteiger partial charge in [0.1, 0.15) is 0 Å². The highest BCUT2D eigenvalue weighted by Gasteiger charge is 2.43. The molecule has 0 unspecified atom stereocenters. The Balaban J connectivity index is 4.75. The van der Waals surface area contributed by atoms with E-state index in [1.165, 1.54) is 14.1 Å². The normalized spacial score (nSPS) is 13.2. The molecule has 2 N–H and O–H groups in total. The van der Waals surface area contributed by atoms with Gasteiger partial charge in [-0.3, -0.25) is 4.79 Å². The lowest BCUT2D eigenvalue weighted by atomic mass is 10.1. The van der Waals surface area contributed by atoms with Gasteiger partial charge in [0.25, 0.3) is 11.8 Å². The van der Waals surface area contributed by atoms with E-state index in [2.05, 4.69) is 10.6 Å². The van der Waals surface area contributed by atoms with Crippen molar-refractivity contribution in [1.82, 2.24) is 15.5 Å².